The normalized spacial score (nSPS) is 17.8. The third-order valence-electron chi connectivity index (χ3n) is 4.22. The van der Waals surface area contributed by atoms with Crippen molar-refractivity contribution in [2.45, 2.75) is 65.5 Å². The zero-order valence-corrected chi connectivity index (χ0v) is 14.1. The molecule has 2 heterocycles. The maximum Gasteiger partial charge on any atom is 0.0944 e. The predicted octanol–water partition coefficient (Wildman–Crippen LogP) is 3.23. The Morgan fingerprint density at radius 3 is 2.70 bits per heavy atom. The number of likely N-dealkylation sites (tertiary alicyclic amines) is 1. The molecule has 1 aromatic rings. The highest BCUT2D eigenvalue weighted by Crippen LogP contribution is 2.21. The van der Waals surface area contributed by atoms with Gasteiger partial charge in [-0.2, -0.15) is 0 Å². The van der Waals surface area contributed by atoms with E-state index in [9.17, 15) is 0 Å². The molecule has 0 amide bonds. The summed E-state index contributed by atoms with van der Waals surface area (Å²) >= 11 is 1.92. The number of nitrogens with one attached hydrogen (secondary N) is 1. The van der Waals surface area contributed by atoms with E-state index in [0.717, 1.165) is 19.4 Å². The maximum atomic E-state index is 4.85. The second-order valence-electron chi connectivity index (χ2n) is 5.82. The van der Waals surface area contributed by atoms with Crippen molar-refractivity contribution in [1.82, 2.24) is 15.2 Å². The van der Waals surface area contributed by atoms with Crippen LogP contribution in [0.15, 0.2) is 0 Å². The molecule has 2 rings (SSSR count). The largest absolute Gasteiger partial charge is 0.309 e. The Balaban J connectivity index is 1.87. The summed E-state index contributed by atoms with van der Waals surface area (Å²) < 4.78 is 0. The van der Waals surface area contributed by atoms with Gasteiger partial charge >= 0.3 is 0 Å². The zero-order chi connectivity index (χ0) is 14.4. The summed E-state index contributed by atoms with van der Waals surface area (Å²) in [6.45, 7) is 11.4. The van der Waals surface area contributed by atoms with Crippen LogP contribution in [0.2, 0.25) is 0 Å². The van der Waals surface area contributed by atoms with Crippen molar-refractivity contribution in [3.05, 3.63) is 15.6 Å². The molecular weight excluding hydrogens is 266 g/mol. The van der Waals surface area contributed by atoms with Crippen molar-refractivity contribution >= 4 is 11.3 Å². The van der Waals surface area contributed by atoms with Gasteiger partial charge in [-0.25, -0.2) is 4.98 Å². The molecule has 0 aliphatic carbocycles. The molecule has 3 nitrogen and oxygen atoms in total. The Hall–Kier alpha value is -0.450. The molecule has 1 N–H and O–H groups in total. The monoisotopic (exact) mass is 295 g/mol. The lowest BCUT2D eigenvalue weighted by molar-refractivity contribution is 0.343. The molecule has 114 valence electrons. The Bertz CT molecular complexity index is 396. The van der Waals surface area contributed by atoms with Crippen LogP contribution in [0.3, 0.4) is 0 Å². The first-order chi connectivity index (χ1) is 9.72. The van der Waals surface area contributed by atoms with E-state index < -0.39 is 0 Å². The number of aryl methyl sites for hydroxylation is 1. The molecule has 1 aliphatic heterocycles. The number of hydrogen-bond acceptors (Lipinski definition) is 4. The van der Waals surface area contributed by atoms with Gasteiger partial charge in [0.2, 0.25) is 0 Å². The summed E-state index contributed by atoms with van der Waals surface area (Å²) in [6.07, 6.45) is 6.12. The van der Waals surface area contributed by atoms with Gasteiger partial charge in [0, 0.05) is 30.4 Å². The Kier molecular flexibility index (Phi) is 6.46. The summed E-state index contributed by atoms with van der Waals surface area (Å²) in [5.41, 5.74) is 1.31. The van der Waals surface area contributed by atoms with E-state index in [0.29, 0.717) is 6.04 Å². The molecule has 1 fully saturated rings. The highest BCUT2D eigenvalue weighted by atomic mass is 32.1. The van der Waals surface area contributed by atoms with Gasteiger partial charge in [0.05, 0.1) is 10.7 Å². The van der Waals surface area contributed by atoms with Crippen LogP contribution >= 0.6 is 11.3 Å². The first kappa shape index (κ1) is 15.9. The molecular formula is C16H29N3S. The molecule has 1 saturated heterocycles. The summed E-state index contributed by atoms with van der Waals surface area (Å²) in [5.74, 6) is 0. The van der Waals surface area contributed by atoms with Gasteiger partial charge in [-0.05, 0) is 45.7 Å². The van der Waals surface area contributed by atoms with Crippen molar-refractivity contribution in [3.63, 3.8) is 0 Å². The second-order valence-corrected chi connectivity index (χ2v) is 6.99. The van der Waals surface area contributed by atoms with Crippen LogP contribution in [-0.4, -0.2) is 35.6 Å². The van der Waals surface area contributed by atoms with E-state index in [1.54, 1.807) is 0 Å². The SMILES string of the molecule is CCc1nc(CCN2CCCC2)sc1CNC(C)CC. The second kappa shape index (κ2) is 8.11. The van der Waals surface area contributed by atoms with E-state index in [4.69, 9.17) is 4.98 Å². The van der Waals surface area contributed by atoms with Crippen molar-refractivity contribution in [2.24, 2.45) is 0 Å². The fourth-order valence-electron chi connectivity index (χ4n) is 2.63. The van der Waals surface area contributed by atoms with Crippen LogP contribution in [0.25, 0.3) is 0 Å². The Morgan fingerprint density at radius 2 is 2.05 bits per heavy atom. The van der Waals surface area contributed by atoms with Gasteiger partial charge in [-0.1, -0.05) is 13.8 Å². The zero-order valence-electron chi connectivity index (χ0n) is 13.2. The smallest absolute Gasteiger partial charge is 0.0944 e. The van der Waals surface area contributed by atoms with Gasteiger partial charge in [0.15, 0.2) is 0 Å². The Morgan fingerprint density at radius 1 is 1.30 bits per heavy atom. The molecule has 0 radical (unpaired) electrons. The lowest BCUT2D eigenvalue weighted by Crippen LogP contribution is -2.24. The number of thiazole rings is 1. The van der Waals surface area contributed by atoms with E-state index in [2.05, 4.69) is 31.0 Å². The van der Waals surface area contributed by atoms with Gasteiger partial charge < -0.3 is 10.2 Å². The molecule has 0 spiro atoms. The van der Waals surface area contributed by atoms with E-state index >= 15 is 0 Å². The van der Waals surface area contributed by atoms with Crippen LogP contribution in [-0.2, 0) is 19.4 Å². The number of nitrogens with zero attached hydrogens (tertiary/aromatic N) is 2. The van der Waals surface area contributed by atoms with Gasteiger partial charge in [-0.15, -0.1) is 11.3 Å². The van der Waals surface area contributed by atoms with Crippen LogP contribution in [0, 0.1) is 0 Å². The fraction of sp³-hybridized carbons (Fsp3) is 0.812. The quantitative estimate of drug-likeness (QED) is 0.798. The minimum Gasteiger partial charge on any atom is -0.309 e. The van der Waals surface area contributed by atoms with Crippen LogP contribution in [0.4, 0.5) is 0 Å². The molecule has 0 saturated carbocycles. The highest BCUT2D eigenvalue weighted by Gasteiger charge is 2.14. The van der Waals surface area contributed by atoms with Crippen LogP contribution in [0.1, 0.15) is 55.6 Å². The van der Waals surface area contributed by atoms with Crippen molar-refractivity contribution in [2.75, 3.05) is 19.6 Å². The number of aromatic nitrogens is 1. The molecule has 0 aromatic carbocycles. The first-order valence-corrected chi connectivity index (χ1v) is 8.97. The minimum atomic E-state index is 0.592. The molecule has 20 heavy (non-hydrogen) atoms. The lowest BCUT2D eigenvalue weighted by atomic mass is 10.2. The molecule has 1 aromatic heterocycles. The topological polar surface area (TPSA) is 28.2 Å². The summed E-state index contributed by atoms with van der Waals surface area (Å²) in [4.78, 5) is 8.87. The number of hydrogen-bond donors (Lipinski definition) is 1. The third-order valence-corrected chi connectivity index (χ3v) is 5.38. The minimum absolute atomic E-state index is 0.592. The summed E-state index contributed by atoms with van der Waals surface area (Å²) in [6, 6.07) is 0.592. The number of rotatable bonds is 8. The summed E-state index contributed by atoms with van der Waals surface area (Å²) in [5, 5.41) is 4.92. The van der Waals surface area contributed by atoms with E-state index in [1.165, 1.54) is 54.5 Å². The van der Waals surface area contributed by atoms with Gasteiger partial charge in [0.1, 0.15) is 0 Å². The lowest BCUT2D eigenvalue weighted by Gasteiger charge is -2.12. The molecule has 1 unspecified atom stereocenters. The standard InChI is InChI=1S/C16H29N3S/c1-4-13(3)17-12-15-14(5-2)18-16(20-15)8-11-19-9-6-7-10-19/h13,17H,4-12H2,1-3H3. The Labute approximate surface area is 127 Å². The first-order valence-electron chi connectivity index (χ1n) is 8.16. The summed E-state index contributed by atoms with van der Waals surface area (Å²) in [7, 11) is 0. The van der Waals surface area contributed by atoms with Crippen molar-refractivity contribution < 1.29 is 0 Å². The van der Waals surface area contributed by atoms with Crippen molar-refractivity contribution in [3.8, 4) is 0 Å². The van der Waals surface area contributed by atoms with Crippen LogP contribution in [0.5, 0.6) is 0 Å². The highest BCUT2D eigenvalue weighted by molar-refractivity contribution is 7.11. The molecule has 4 heteroatoms. The van der Waals surface area contributed by atoms with Gasteiger partial charge in [-0.3, -0.25) is 0 Å². The van der Waals surface area contributed by atoms with E-state index in [-0.39, 0.29) is 0 Å². The van der Waals surface area contributed by atoms with E-state index in [1.807, 2.05) is 11.3 Å². The molecule has 0 bridgehead atoms. The third kappa shape index (κ3) is 4.54. The molecule has 1 atom stereocenters. The van der Waals surface area contributed by atoms with Gasteiger partial charge in [0.25, 0.3) is 0 Å². The van der Waals surface area contributed by atoms with Crippen molar-refractivity contribution in [1.29, 1.82) is 0 Å². The predicted molar refractivity (Wildman–Crippen MR) is 87.5 cm³/mol. The molecule has 1 aliphatic rings. The fourth-order valence-corrected chi connectivity index (χ4v) is 3.73. The maximum absolute atomic E-state index is 4.85. The average molecular weight is 295 g/mol. The average Bonchev–Trinajstić information content (AvgIpc) is 3.11. The van der Waals surface area contributed by atoms with Crippen LogP contribution < -0.4 is 5.32 Å².